The minimum atomic E-state index is -2.09. The molecule has 0 aliphatic heterocycles. The van der Waals surface area contributed by atoms with E-state index in [9.17, 15) is 0 Å². The van der Waals surface area contributed by atoms with Gasteiger partial charge < -0.3 is 0 Å². The third-order valence-corrected chi connectivity index (χ3v) is 19.5. The Labute approximate surface area is 556 Å². The van der Waals surface area contributed by atoms with Gasteiger partial charge in [0.2, 0.25) is 22.8 Å². The Bertz CT molecular complexity index is 5190. The number of fused-ring (bicyclic) bond motifs is 12. The fraction of sp³-hybridized carbons (Fsp3) is 0.247. The summed E-state index contributed by atoms with van der Waals surface area (Å²) in [4.78, 5) is 18.9. The third kappa shape index (κ3) is 11.7. The van der Waals surface area contributed by atoms with Gasteiger partial charge in [0.25, 0.3) is 0 Å². The molecule has 12 aromatic rings. The summed E-state index contributed by atoms with van der Waals surface area (Å²) in [5.41, 5.74) is 42.5. The van der Waals surface area contributed by atoms with Crippen molar-refractivity contribution in [3.05, 3.63) is 283 Å². The lowest BCUT2D eigenvalue weighted by atomic mass is 9.93. The van der Waals surface area contributed by atoms with Crippen LogP contribution in [0, 0.1) is 69.2 Å². The molecule has 4 aliphatic carbocycles. The number of rotatable bonds is 5. The van der Waals surface area contributed by atoms with Crippen LogP contribution in [0.4, 0.5) is 0 Å². The van der Waals surface area contributed by atoms with E-state index in [0.717, 1.165) is 76.7 Å². The van der Waals surface area contributed by atoms with Gasteiger partial charge in [0.15, 0.2) is 24.8 Å². The van der Waals surface area contributed by atoms with Crippen molar-refractivity contribution >= 4 is 0 Å². The van der Waals surface area contributed by atoms with Gasteiger partial charge in [-0.05, 0) is 214 Å². The number of nitrogens with zero attached hydrogens (tertiary/aromatic N) is 8. The first kappa shape index (κ1) is 57.0. The van der Waals surface area contributed by atoms with Crippen molar-refractivity contribution in [3.8, 4) is 89.5 Å². The van der Waals surface area contributed by atoms with Crippen molar-refractivity contribution in [2.45, 2.75) is 115 Å². The van der Waals surface area contributed by atoms with Gasteiger partial charge in [-0.1, -0.05) is 62.4 Å². The maximum atomic E-state index is 8.38. The molecular weight excluding hydrogens is 1130 g/mol. The summed E-state index contributed by atoms with van der Waals surface area (Å²) in [5, 5.41) is 0. The van der Waals surface area contributed by atoms with Gasteiger partial charge in [-0.2, -0.15) is 0 Å². The minimum Gasteiger partial charge on any atom is -0.257 e. The van der Waals surface area contributed by atoms with Crippen LogP contribution in [0.2, 0.25) is 0 Å². The summed E-state index contributed by atoms with van der Waals surface area (Å²) in [7, 11) is 8.18. The summed E-state index contributed by atoms with van der Waals surface area (Å²) in [6.07, 6.45) is 11.7. The predicted molar refractivity (Wildman–Crippen MR) is 378 cm³/mol. The molecule has 0 atom stereocenters. The molecule has 0 fully saturated rings. The van der Waals surface area contributed by atoms with E-state index in [4.69, 9.17) is 25.4 Å². The molecule has 4 aromatic carbocycles. The lowest BCUT2D eigenvalue weighted by Gasteiger charge is -2.12. The number of hydrogen-bond acceptors (Lipinski definition) is 4. The minimum absolute atomic E-state index is 0.354. The van der Waals surface area contributed by atoms with E-state index < -0.39 is 12.7 Å². The van der Waals surface area contributed by atoms with Crippen molar-refractivity contribution in [1.82, 2.24) is 19.9 Å². The van der Waals surface area contributed by atoms with E-state index >= 15 is 0 Å². The average molecular weight is 1220 g/mol. The number of pyridine rings is 8. The Balaban J connectivity index is 0.000000117. The molecule has 16 rings (SSSR count). The average Bonchev–Trinajstić information content (AvgIpc) is 1.67. The quantitative estimate of drug-likeness (QED) is 0.161. The van der Waals surface area contributed by atoms with Gasteiger partial charge >= 0.3 is 0 Å². The Morgan fingerprint density at radius 3 is 1.08 bits per heavy atom. The van der Waals surface area contributed by atoms with Crippen LogP contribution in [0.3, 0.4) is 0 Å². The first-order valence-corrected chi connectivity index (χ1v) is 32.5. The molecule has 0 saturated heterocycles. The molecule has 0 radical (unpaired) electrons. The molecule has 93 heavy (non-hydrogen) atoms. The van der Waals surface area contributed by atoms with Crippen LogP contribution in [-0.2, 0) is 53.9 Å². The Kier molecular flexibility index (Phi) is 15.3. The zero-order valence-corrected chi connectivity index (χ0v) is 56.6. The van der Waals surface area contributed by atoms with Crippen molar-refractivity contribution < 1.29 is 23.8 Å². The molecule has 0 unspecified atom stereocenters. The molecule has 0 bridgehead atoms. The van der Waals surface area contributed by atoms with Crippen molar-refractivity contribution in [2.24, 2.45) is 28.2 Å². The smallest absolute Gasteiger partial charge is 0.212 e. The first-order valence-electron chi connectivity index (χ1n) is 34.5. The Morgan fingerprint density at radius 2 is 0.699 bits per heavy atom. The van der Waals surface area contributed by atoms with Crippen LogP contribution in [-0.4, -0.2) is 19.9 Å². The number of aromatic nitrogens is 8. The van der Waals surface area contributed by atoms with E-state index in [1.54, 1.807) is 12.3 Å². The molecule has 0 amide bonds. The highest BCUT2D eigenvalue weighted by Crippen LogP contribution is 2.45. The Hall–Kier alpha value is -9.92. The van der Waals surface area contributed by atoms with Crippen LogP contribution in [0.25, 0.3) is 89.5 Å². The molecule has 8 aromatic heterocycles. The van der Waals surface area contributed by atoms with E-state index in [2.05, 4.69) is 242 Å². The van der Waals surface area contributed by atoms with Crippen LogP contribution in [0.15, 0.2) is 176 Å². The van der Waals surface area contributed by atoms with E-state index in [0.29, 0.717) is 5.56 Å². The summed E-state index contributed by atoms with van der Waals surface area (Å²) in [5.74, 6) is -0.609. The summed E-state index contributed by atoms with van der Waals surface area (Å²) in [6, 6.07) is 53.6. The van der Waals surface area contributed by atoms with Crippen LogP contribution >= 0.6 is 0 Å². The number of aryl methyl sites for hydroxylation is 10. The molecule has 0 saturated carbocycles. The van der Waals surface area contributed by atoms with Gasteiger partial charge in [-0.15, -0.1) is 0 Å². The summed E-state index contributed by atoms with van der Waals surface area (Å²) in [6.45, 7) is 20.9. The SMILES string of the molecule is Cc1cc[n+](C)c(-c2ccc3c(c2C)-c2ccc(C)nc2C3)c1.Cc1ccc2c(n1)Cc1ccc(-c3cccc[n+]3C)c(C)c1-2.[2H]C(C)(C)c1cc[n+](C)c(-c2ccc3c(c2C)-c2ccc(C)nc2C3)c1.[2H]C([2H])([2H])c1ccc(-c2ccc3c(c2C)-c2ccc(C)nc2C3)[n+](C)c1. The van der Waals surface area contributed by atoms with Gasteiger partial charge in [0.05, 0.1) is 22.8 Å². The molecule has 0 spiro atoms. The molecule has 4 aliphatic rings. The third-order valence-electron chi connectivity index (χ3n) is 19.5. The standard InChI is InChI=1S/C23H25N2.2C21H21N2.C20H19N2/c1-14(2)17-10-11-25(5)22(13-17)19-9-7-18-12-21-20(23(18)16(19)4)8-6-15(3)24-21;1-13-5-10-20(23(4)12-13)17-9-7-16-11-19-18(21(16)15(17)3)8-6-14(2)22-19;1-13-9-10-23(4)20(11-13)17-8-6-16-12-19-18(21(16)15(17)3)7-5-14(2)22-19;1-13-7-9-17-18(21-13)12-15-8-10-16(14(2)20(15)17)19-6-4-5-11-22(19)3/h6-11,13-14H,12H2,1-5H3;5-10,12H,11H2,1-4H3;5-11H,12H2,1-4H3;4-11H,12H2,1-3H3/q4*+1/i14D;1D3;;. The van der Waals surface area contributed by atoms with Crippen molar-refractivity contribution in [2.75, 3.05) is 0 Å². The summed E-state index contributed by atoms with van der Waals surface area (Å²) < 4.78 is 39.6. The molecule has 462 valence electrons. The maximum Gasteiger partial charge on any atom is 0.212 e. The fourth-order valence-electron chi connectivity index (χ4n) is 14.7. The van der Waals surface area contributed by atoms with Crippen LogP contribution in [0.5, 0.6) is 0 Å². The number of benzene rings is 4. The maximum absolute atomic E-state index is 8.38. The second-order valence-corrected chi connectivity index (χ2v) is 26.3. The molecule has 8 nitrogen and oxygen atoms in total. The van der Waals surface area contributed by atoms with Crippen molar-refractivity contribution in [1.29, 1.82) is 0 Å². The van der Waals surface area contributed by atoms with Gasteiger partial charge in [0.1, 0.15) is 28.2 Å². The van der Waals surface area contributed by atoms with Gasteiger partial charge in [-0.25, -0.2) is 18.3 Å². The largest absolute Gasteiger partial charge is 0.257 e. The normalized spacial score (nSPS) is 13.1. The highest BCUT2D eigenvalue weighted by Gasteiger charge is 2.30. The number of hydrogen-bond donors (Lipinski definition) is 0. The lowest BCUT2D eigenvalue weighted by Crippen LogP contribution is -2.31. The highest BCUT2D eigenvalue weighted by atomic mass is 14.9. The molecule has 8 heterocycles. The second-order valence-electron chi connectivity index (χ2n) is 26.3. The molecule has 0 N–H and O–H groups in total. The van der Waals surface area contributed by atoms with E-state index in [-0.39, 0.29) is 0 Å². The zero-order chi connectivity index (χ0) is 68.7. The van der Waals surface area contributed by atoms with Gasteiger partial charge in [0, 0.05) is 146 Å². The molecular formula is C85H86N8+4. The second kappa shape index (κ2) is 24.9. The van der Waals surface area contributed by atoms with Crippen molar-refractivity contribution in [3.63, 3.8) is 0 Å². The Morgan fingerprint density at radius 1 is 0.344 bits per heavy atom. The predicted octanol–water partition coefficient (Wildman–Crippen LogP) is 16.8. The highest BCUT2D eigenvalue weighted by molar-refractivity contribution is 5.87. The topological polar surface area (TPSA) is 67.1 Å². The lowest BCUT2D eigenvalue weighted by molar-refractivity contribution is -0.660. The zero-order valence-electron chi connectivity index (χ0n) is 60.6. The van der Waals surface area contributed by atoms with Crippen LogP contribution < -0.4 is 18.3 Å². The molecule has 8 heteroatoms. The van der Waals surface area contributed by atoms with Crippen LogP contribution in [0.1, 0.15) is 132 Å². The fourth-order valence-corrected chi connectivity index (χ4v) is 14.7. The van der Waals surface area contributed by atoms with E-state index in [1.165, 1.54) is 140 Å². The van der Waals surface area contributed by atoms with Gasteiger partial charge in [-0.3, -0.25) is 19.9 Å². The first-order chi connectivity index (χ1) is 46.2. The van der Waals surface area contributed by atoms with E-state index in [1.807, 2.05) is 44.5 Å². The monoisotopic (exact) mass is 1220 g/mol. The summed E-state index contributed by atoms with van der Waals surface area (Å²) >= 11 is 0.